The molecule has 24 heavy (non-hydrogen) atoms. The van der Waals surface area contributed by atoms with Crippen molar-refractivity contribution in [2.24, 2.45) is 10.2 Å². The highest BCUT2D eigenvalue weighted by Gasteiger charge is 2.03. The zero-order valence-corrected chi connectivity index (χ0v) is 12.8. The van der Waals surface area contributed by atoms with Crippen LogP contribution in [0.15, 0.2) is 69.6 Å². The quantitative estimate of drug-likeness (QED) is 0.701. The van der Waals surface area contributed by atoms with Gasteiger partial charge in [-0.25, -0.2) is 4.79 Å². The average molecular weight is 322 g/mol. The number of aromatic nitrogens is 3. The molecule has 1 heterocycles. The Morgan fingerprint density at radius 2 is 1.62 bits per heavy atom. The van der Waals surface area contributed by atoms with E-state index in [1.54, 1.807) is 24.3 Å². The van der Waals surface area contributed by atoms with E-state index in [2.05, 4.69) is 30.5 Å². The predicted molar refractivity (Wildman–Crippen MR) is 89.5 cm³/mol. The van der Waals surface area contributed by atoms with E-state index >= 15 is 0 Å². The van der Waals surface area contributed by atoms with E-state index in [1.165, 1.54) is 7.11 Å². The molecule has 0 aliphatic carbocycles. The molecule has 0 aliphatic heterocycles. The minimum Gasteiger partial charge on any atom is -0.467 e. The largest absolute Gasteiger partial charge is 0.467 e. The van der Waals surface area contributed by atoms with E-state index in [9.17, 15) is 4.79 Å². The second-order valence-electron chi connectivity index (χ2n) is 4.70. The molecule has 0 fully saturated rings. The molecule has 3 rings (SSSR count). The van der Waals surface area contributed by atoms with Gasteiger partial charge in [-0.1, -0.05) is 18.2 Å². The molecule has 8 nitrogen and oxygen atoms in total. The van der Waals surface area contributed by atoms with Crippen molar-refractivity contribution in [2.75, 3.05) is 12.4 Å². The van der Waals surface area contributed by atoms with Crippen LogP contribution in [0, 0.1) is 0 Å². The summed E-state index contributed by atoms with van der Waals surface area (Å²) in [5, 5.41) is 11.3. The Bertz CT molecular complexity index is 890. The molecular formula is C16H14N6O2. The molecule has 0 amide bonds. The molecule has 2 aromatic carbocycles. The first-order chi connectivity index (χ1) is 11.7. The van der Waals surface area contributed by atoms with Crippen LogP contribution in [-0.2, 0) is 0 Å². The lowest BCUT2D eigenvalue weighted by atomic mass is 10.3. The van der Waals surface area contributed by atoms with Crippen LogP contribution >= 0.6 is 0 Å². The van der Waals surface area contributed by atoms with E-state index in [-0.39, 0.29) is 12.0 Å². The van der Waals surface area contributed by atoms with Crippen LogP contribution in [0.4, 0.5) is 23.0 Å². The number of benzene rings is 2. The maximum absolute atomic E-state index is 11.4. The van der Waals surface area contributed by atoms with Gasteiger partial charge < -0.3 is 10.1 Å². The fraction of sp³-hybridized carbons (Fsp3) is 0.0625. The molecule has 3 aromatic rings. The first kappa shape index (κ1) is 15.3. The molecule has 2 N–H and O–H groups in total. The Kier molecular flexibility index (Phi) is 4.57. The van der Waals surface area contributed by atoms with Crippen LogP contribution in [0.1, 0.15) is 0 Å². The third-order valence-electron chi connectivity index (χ3n) is 2.98. The smallest absolute Gasteiger partial charge is 0.352 e. The second-order valence-corrected chi connectivity index (χ2v) is 4.70. The number of hydrogen-bond donors (Lipinski definition) is 2. The molecule has 0 saturated heterocycles. The van der Waals surface area contributed by atoms with Crippen molar-refractivity contribution in [3.05, 3.63) is 65.1 Å². The van der Waals surface area contributed by atoms with Gasteiger partial charge in [0.1, 0.15) is 0 Å². The number of methoxy groups -OCH3 is 1. The Balaban J connectivity index is 1.72. The van der Waals surface area contributed by atoms with Gasteiger partial charge in [-0.3, -0.25) is 4.98 Å². The van der Waals surface area contributed by atoms with E-state index < -0.39 is 5.69 Å². The highest BCUT2D eigenvalue weighted by atomic mass is 16.5. The Morgan fingerprint density at radius 3 is 2.29 bits per heavy atom. The van der Waals surface area contributed by atoms with Crippen molar-refractivity contribution in [1.82, 2.24) is 15.0 Å². The zero-order chi connectivity index (χ0) is 16.8. The summed E-state index contributed by atoms with van der Waals surface area (Å²) in [5.41, 5.74) is 1.67. The normalized spacial score (nSPS) is 10.7. The van der Waals surface area contributed by atoms with E-state index in [0.29, 0.717) is 5.69 Å². The highest BCUT2D eigenvalue weighted by molar-refractivity contribution is 5.56. The van der Waals surface area contributed by atoms with Crippen LogP contribution in [-0.4, -0.2) is 22.1 Å². The van der Waals surface area contributed by atoms with Gasteiger partial charge in [0.2, 0.25) is 5.95 Å². The lowest BCUT2D eigenvalue weighted by molar-refractivity contribution is 0.377. The van der Waals surface area contributed by atoms with E-state index in [0.717, 1.165) is 11.4 Å². The van der Waals surface area contributed by atoms with Gasteiger partial charge in [0.25, 0.3) is 0 Å². The lowest BCUT2D eigenvalue weighted by Crippen LogP contribution is -2.15. The molecule has 0 bridgehead atoms. The minimum atomic E-state index is -0.544. The molecule has 120 valence electrons. The van der Waals surface area contributed by atoms with Gasteiger partial charge in [0.15, 0.2) is 0 Å². The molecule has 0 aliphatic rings. The molecule has 0 radical (unpaired) electrons. The second kappa shape index (κ2) is 7.14. The van der Waals surface area contributed by atoms with E-state index in [4.69, 9.17) is 4.74 Å². The first-order valence-electron chi connectivity index (χ1n) is 7.09. The SMILES string of the molecule is COc1nc(Nc2ccc(N=Nc3ccccc3)cc2)[nH]c(=O)n1. The Hall–Kier alpha value is -3.55. The molecule has 1 aromatic heterocycles. The van der Waals surface area contributed by atoms with Crippen molar-refractivity contribution >= 4 is 23.0 Å². The van der Waals surface area contributed by atoms with Crippen LogP contribution in [0.5, 0.6) is 6.01 Å². The first-order valence-corrected chi connectivity index (χ1v) is 7.09. The fourth-order valence-corrected chi connectivity index (χ4v) is 1.87. The van der Waals surface area contributed by atoms with Crippen molar-refractivity contribution < 1.29 is 4.74 Å². The molecule has 0 saturated carbocycles. The summed E-state index contributed by atoms with van der Waals surface area (Å²) < 4.78 is 4.86. The van der Waals surface area contributed by atoms with Gasteiger partial charge >= 0.3 is 11.7 Å². The average Bonchev–Trinajstić information content (AvgIpc) is 2.61. The number of nitrogens with one attached hydrogen (secondary N) is 2. The third-order valence-corrected chi connectivity index (χ3v) is 2.98. The number of aromatic amines is 1. The number of H-pyrrole nitrogens is 1. The zero-order valence-electron chi connectivity index (χ0n) is 12.8. The minimum absolute atomic E-state index is 0.00506. The summed E-state index contributed by atoms with van der Waals surface area (Å²) in [6.07, 6.45) is 0. The van der Waals surface area contributed by atoms with Gasteiger partial charge in [-0.05, 0) is 36.4 Å². The number of nitrogens with zero attached hydrogens (tertiary/aromatic N) is 4. The van der Waals surface area contributed by atoms with Crippen LogP contribution in [0.3, 0.4) is 0 Å². The van der Waals surface area contributed by atoms with Gasteiger partial charge in [0.05, 0.1) is 18.5 Å². The number of azo groups is 1. The Labute approximate surface area is 137 Å². The topological polar surface area (TPSA) is 105 Å². The van der Waals surface area contributed by atoms with Crippen molar-refractivity contribution in [2.45, 2.75) is 0 Å². The lowest BCUT2D eigenvalue weighted by Gasteiger charge is -2.05. The van der Waals surface area contributed by atoms with Crippen LogP contribution < -0.4 is 15.7 Å². The number of rotatable bonds is 5. The summed E-state index contributed by atoms with van der Waals surface area (Å²) >= 11 is 0. The van der Waals surface area contributed by atoms with E-state index in [1.807, 2.05) is 30.3 Å². The van der Waals surface area contributed by atoms with Crippen molar-refractivity contribution in [3.63, 3.8) is 0 Å². The van der Waals surface area contributed by atoms with Crippen molar-refractivity contribution in [3.8, 4) is 6.01 Å². The number of hydrogen-bond acceptors (Lipinski definition) is 7. The van der Waals surface area contributed by atoms with Crippen LogP contribution in [0.2, 0.25) is 0 Å². The molecule has 0 unspecified atom stereocenters. The van der Waals surface area contributed by atoms with Crippen LogP contribution in [0.25, 0.3) is 0 Å². The third kappa shape index (κ3) is 4.01. The van der Waals surface area contributed by atoms with Gasteiger partial charge in [-0.2, -0.15) is 15.2 Å². The summed E-state index contributed by atoms with van der Waals surface area (Å²) in [7, 11) is 1.39. The molecule has 0 atom stereocenters. The predicted octanol–water partition coefficient (Wildman–Crippen LogP) is 3.33. The summed E-state index contributed by atoms with van der Waals surface area (Å²) in [4.78, 5) is 21.4. The van der Waals surface area contributed by atoms with Gasteiger partial charge in [-0.15, -0.1) is 4.98 Å². The number of ether oxygens (including phenoxy) is 1. The Morgan fingerprint density at radius 1 is 0.958 bits per heavy atom. The van der Waals surface area contributed by atoms with Gasteiger partial charge in [0, 0.05) is 5.69 Å². The standard InChI is InChI=1S/C16H14N6O2/c1-24-16-19-14(18-15(23)20-16)17-11-7-9-13(10-8-11)22-21-12-5-3-2-4-6-12/h2-10H,1H3,(H2,17,18,19,20,23). The fourth-order valence-electron chi connectivity index (χ4n) is 1.87. The number of anilines is 2. The molecular weight excluding hydrogens is 308 g/mol. The summed E-state index contributed by atoms with van der Waals surface area (Å²) in [5.74, 6) is 0.241. The molecule has 8 heteroatoms. The summed E-state index contributed by atoms with van der Waals surface area (Å²) in [6.45, 7) is 0. The molecule has 0 spiro atoms. The highest BCUT2D eigenvalue weighted by Crippen LogP contribution is 2.21. The monoisotopic (exact) mass is 322 g/mol. The maximum Gasteiger partial charge on any atom is 0.352 e. The maximum atomic E-state index is 11.4. The summed E-state index contributed by atoms with van der Waals surface area (Å²) in [6, 6.07) is 16.7. The van der Waals surface area contributed by atoms with Crippen molar-refractivity contribution in [1.29, 1.82) is 0 Å².